The average molecular weight is 394 g/mol. The van der Waals surface area contributed by atoms with Gasteiger partial charge in [0.05, 0.1) is 16.7 Å². The van der Waals surface area contributed by atoms with E-state index in [1.165, 1.54) is 12.1 Å². The van der Waals surface area contributed by atoms with E-state index in [1.54, 1.807) is 12.1 Å². The van der Waals surface area contributed by atoms with Crippen molar-refractivity contribution in [3.63, 3.8) is 0 Å². The van der Waals surface area contributed by atoms with E-state index < -0.39 is 12.1 Å². The van der Waals surface area contributed by atoms with E-state index in [9.17, 15) is 9.59 Å². The van der Waals surface area contributed by atoms with Crippen molar-refractivity contribution in [3.05, 3.63) is 29.8 Å². The molecule has 7 nitrogen and oxygen atoms in total. The lowest BCUT2D eigenvalue weighted by molar-refractivity contribution is -0.453. The maximum Gasteiger partial charge on any atom is 0.543 e. The van der Waals surface area contributed by atoms with Crippen LogP contribution in [0.2, 0.25) is 0 Å². The summed E-state index contributed by atoms with van der Waals surface area (Å²) in [7, 11) is 0. The molecule has 2 rings (SSSR count). The molecule has 0 atom stereocenters. The minimum absolute atomic E-state index is 0.0315. The second kappa shape index (κ2) is 9.78. The van der Waals surface area contributed by atoms with Crippen molar-refractivity contribution in [1.82, 2.24) is 0 Å². The molecular weight excluding hydrogens is 364 g/mol. The zero-order chi connectivity index (χ0) is 20.7. The molecule has 0 aliphatic heterocycles. The molecule has 0 unspecified atom stereocenters. The molecule has 156 valence electrons. The number of carbonyl (C=O) groups excluding carboxylic acids is 2. The Morgan fingerprint density at radius 3 is 2.11 bits per heavy atom. The van der Waals surface area contributed by atoms with Gasteiger partial charge in [0.1, 0.15) is 11.9 Å². The highest BCUT2D eigenvalue weighted by Gasteiger charge is 2.31. The highest BCUT2D eigenvalue weighted by molar-refractivity contribution is 5.89. The van der Waals surface area contributed by atoms with E-state index in [-0.39, 0.29) is 23.2 Å². The van der Waals surface area contributed by atoms with Crippen LogP contribution in [0.25, 0.3) is 0 Å². The van der Waals surface area contributed by atoms with Gasteiger partial charge in [-0.1, -0.05) is 20.8 Å². The van der Waals surface area contributed by atoms with E-state index in [0.717, 1.165) is 25.7 Å². The minimum atomic E-state index is -1.02. The van der Waals surface area contributed by atoms with Gasteiger partial charge in [0.15, 0.2) is 0 Å². The predicted octanol–water partition coefficient (Wildman–Crippen LogP) is 5.24. The van der Waals surface area contributed by atoms with Crippen molar-refractivity contribution in [2.24, 2.45) is 11.3 Å². The molecule has 0 heterocycles. The lowest BCUT2D eigenvalue weighted by atomic mass is 9.72. The Kier molecular flexibility index (Phi) is 7.69. The maximum absolute atomic E-state index is 11.9. The first-order valence-corrected chi connectivity index (χ1v) is 9.68. The lowest BCUT2D eigenvalue weighted by Crippen LogP contribution is -2.30. The second-order valence-electron chi connectivity index (χ2n) is 8.42. The fraction of sp³-hybridized carbons (Fsp3) is 0.619. The zero-order valence-electron chi connectivity index (χ0n) is 17.2. The number of rotatable bonds is 6. The molecule has 0 aromatic heterocycles. The highest BCUT2D eigenvalue weighted by Crippen LogP contribution is 2.38. The maximum atomic E-state index is 11.9. The van der Waals surface area contributed by atoms with Crippen LogP contribution in [-0.4, -0.2) is 24.3 Å². The van der Waals surface area contributed by atoms with E-state index in [1.807, 2.05) is 13.8 Å². The molecule has 0 radical (unpaired) electrons. The molecule has 1 aliphatic carbocycles. The third-order valence-corrected chi connectivity index (χ3v) is 4.84. The molecule has 7 heteroatoms. The molecule has 28 heavy (non-hydrogen) atoms. The molecule has 1 aliphatic rings. The Morgan fingerprint density at radius 1 is 0.964 bits per heavy atom. The molecule has 0 saturated heterocycles. The molecule has 0 N–H and O–H groups in total. The summed E-state index contributed by atoms with van der Waals surface area (Å²) < 4.78 is 10.7. The Labute approximate surface area is 166 Å². The van der Waals surface area contributed by atoms with Crippen molar-refractivity contribution < 1.29 is 33.9 Å². The number of ether oxygens (including phenoxy) is 2. The largest absolute Gasteiger partial charge is 0.543 e. The normalized spacial score (nSPS) is 19.8. The van der Waals surface area contributed by atoms with Crippen molar-refractivity contribution in [2.45, 2.75) is 72.5 Å². The molecule has 1 aromatic carbocycles. The fourth-order valence-electron chi connectivity index (χ4n) is 3.27. The van der Waals surface area contributed by atoms with Gasteiger partial charge >= 0.3 is 12.1 Å². The van der Waals surface area contributed by atoms with Gasteiger partial charge in [0.2, 0.25) is 0 Å². The molecule has 0 bridgehead atoms. The van der Waals surface area contributed by atoms with E-state index >= 15 is 0 Å². The summed E-state index contributed by atoms with van der Waals surface area (Å²) in [6.45, 7) is 10.5. The first kappa shape index (κ1) is 22.0. The second-order valence-corrected chi connectivity index (χ2v) is 8.42. The Bertz CT molecular complexity index is 638. The zero-order valence-corrected chi connectivity index (χ0v) is 17.2. The van der Waals surface area contributed by atoms with E-state index in [0.29, 0.717) is 11.7 Å². The summed E-state index contributed by atoms with van der Waals surface area (Å²) in [6.07, 6.45) is 2.35. The standard InChI is InChI=1S/C21H30O7/c1-14(2)24-17-10-6-15(7-11-17)19(22)26-28-27-20(23)25-18-12-8-16(9-13-18)21(3,4)5/h6-7,10-11,14,16,18H,8-9,12-13H2,1-5H3. The van der Waals surface area contributed by atoms with Gasteiger partial charge in [-0.15, -0.1) is 0 Å². The molecule has 1 aromatic rings. The van der Waals surface area contributed by atoms with Crippen LogP contribution >= 0.6 is 0 Å². The van der Waals surface area contributed by atoms with Gasteiger partial charge in [0, 0.05) is 0 Å². The Hall–Kier alpha value is -2.28. The van der Waals surface area contributed by atoms with Crippen LogP contribution in [0.4, 0.5) is 4.79 Å². The van der Waals surface area contributed by atoms with Crippen molar-refractivity contribution >= 4 is 12.1 Å². The number of carbonyl (C=O) groups is 2. The summed E-state index contributed by atoms with van der Waals surface area (Å²) in [5.74, 6) is 0.445. The van der Waals surface area contributed by atoms with Gasteiger partial charge in [-0.05, 0) is 75.1 Å². The Morgan fingerprint density at radius 2 is 1.57 bits per heavy atom. The van der Waals surface area contributed by atoms with Gasteiger partial charge in [-0.25, -0.2) is 14.5 Å². The third-order valence-electron chi connectivity index (χ3n) is 4.84. The summed E-state index contributed by atoms with van der Waals surface area (Å²) in [6, 6.07) is 6.32. The molecular formula is C21H30O7. The summed E-state index contributed by atoms with van der Waals surface area (Å²) in [4.78, 5) is 32.4. The Balaban J connectivity index is 1.67. The smallest absolute Gasteiger partial charge is 0.491 e. The quantitative estimate of drug-likeness (QED) is 0.371. The highest BCUT2D eigenvalue weighted by atomic mass is 17.5. The van der Waals surface area contributed by atoms with Gasteiger partial charge in [-0.2, -0.15) is 0 Å². The number of hydrogen-bond donors (Lipinski definition) is 0. The van der Waals surface area contributed by atoms with Crippen LogP contribution in [0.15, 0.2) is 24.3 Å². The summed E-state index contributed by atoms with van der Waals surface area (Å²) in [5.41, 5.74) is 0.482. The molecule has 1 saturated carbocycles. The summed E-state index contributed by atoms with van der Waals surface area (Å²) in [5, 5.41) is 4.27. The van der Waals surface area contributed by atoms with Crippen LogP contribution in [0.3, 0.4) is 0 Å². The third kappa shape index (κ3) is 7.03. The van der Waals surface area contributed by atoms with Gasteiger partial charge in [-0.3, -0.25) is 4.89 Å². The van der Waals surface area contributed by atoms with Crippen LogP contribution < -0.4 is 4.74 Å². The SMILES string of the molecule is CC(C)Oc1ccc(C(=O)OOOC(=O)OC2CCC(C(C)(C)C)CC2)cc1. The average Bonchev–Trinajstić information content (AvgIpc) is 2.61. The first-order chi connectivity index (χ1) is 13.1. The molecule has 1 fully saturated rings. The first-order valence-electron chi connectivity index (χ1n) is 9.68. The van der Waals surface area contributed by atoms with Gasteiger partial charge in [0.25, 0.3) is 0 Å². The van der Waals surface area contributed by atoms with Crippen LogP contribution in [0.1, 0.15) is 70.7 Å². The minimum Gasteiger partial charge on any atom is -0.491 e. The number of benzene rings is 1. The molecule has 0 spiro atoms. The van der Waals surface area contributed by atoms with Crippen LogP contribution in [0.5, 0.6) is 5.75 Å². The van der Waals surface area contributed by atoms with Crippen LogP contribution in [0, 0.1) is 11.3 Å². The number of hydrogen-bond acceptors (Lipinski definition) is 7. The lowest BCUT2D eigenvalue weighted by Gasteiger charge is -2.36. The predicted molar refractivity (Wildman–Crippen MR) is 101 cm³/mol. The van der Waals surface area contributed by atoms with Crippen molar-refractivity contribution in [1.29, 1.82) is 0 Å². The van der Waals surface area contributed by atoms with E-state index in [2.05, 4.69) is 35.6 Å². The van der Waals surface area contributed by atoms with Crippen LogP contribution in [-0.2, 0) is 19.6 Å². The summed E-state index contributed by atoms with van der Waals surface area (Å²) >= 11 is 0. The van der Waals surface area contributed by atoms with E-state index in [4.69, 9.17) is 9.47 Å². The topological polar surface area (TPSA) is 80.3 Å². The van der Waals surface area contributed by atoms with Crippen molar-refractivity contribution in [3.8, 4) is 5.75 Å². The monoisotopic (exact) mass is 394 g/mol. The fourth-order valence-corrected chi connectivity index (χ4v) is 3.27. The van der Waals surface area contributed by atoms with Gasteiger partial charge < -0.3 is 9.47 Å². The van der Waals surface area contributed by atoms with Crippen molar-refractivity contribution in [2.75, 3.05) is 0 Å². The molecule has 0 amide bonds.